The number of likely N-dealkylation sites (N-methyl/N-ethyl adjacent to an activating group) is 1. The number of amides is 3. The van der Waals surface area contributed by atoms with Crippen molar-refractivity contribution in [3.63, 3.8) is 0 Å². The molecule has 7 nitrogen and oxygen atoms in total. The topological polar surface area (TPSA) is 70.2 Å². The van der Waals surface area contributed by atoms with Gasteiger partial charge in [-0.05, 0) is 51.8 Å². The van der Waals surface area contributed by atoms with E-state index < -0.39 is 17.1 Å². The lowest BCUT2D eigenvalue weighted by atomic mass is 9.75. The summed E-state index contributed by atoms with van der Waals surface area (Å²) in [5.74, 6) is -1.13. The molecule has 0 unspecified atom stereocenters. The number of nitrogens with zero attached hydrogens (tertiary/aromatic N) is 3. The molecule has 1 aromatic rings. The van der Waals surface area contributed by atoms with Crippen LogP contribution in [0.25, 0.3) is 0 Å². The molecule has 2 saturated heterocycles. The highest BCUT2D eigenvalue weighted by Crippen LogP contribution is 2.42. The first kappa shape index (κ1) is 23.8. The molecule has 0 radical (unpaired) electrons. The van der Waals surface area contributed by atoms with Crippen LogP contribution in [0.5, 0.6) is 0 Å². The van der Waals surface area contributed by atoms with Crippen molar-refractivity contribution in [2.75, 3.05) is 46.9 Å². The van der Waals surface area contributed by atoms with Crippen LogP contribution in [0.4, 0.5) is 4.39 Å². The quantitative estimate of drug-likeness (QED) is 0.502. The van der Waals surface area contributed by atoms with Crippen molar-refractivity contribution in [2.24, 2.45) is 5.92 Å². The number of carbonyl (C=O) groups is 3. The standard InChI is InChI=1S/C25H34FN3O4/c1-27(2)11-12-29-23(31)15-25(24(29)32,20-7-3-4-8-21(20)26)14-22(30)28(16-18-9-10-18)17-19-6-5-13-33-19/h3-4,7-8,18-19H,5-6,9-17H2,1-2H3/t19-,25-/m0/s1. The van der Waals surface area contributed by atoms with Gasteiger partial charge >= 0.3 is 0 Å². The van der Waals surface area contributed by atoms with E-state index in [0.29, 0.717) is 32.2 Å². The molecule has 1 saturated carbocycles. The molecular formula is C25H34FN3O4. The maximum atomic E-state index is 15.0. The lowest BCUT2D eigenvalue weighted by Gasteiger charge is -2.32. The maximum absolute atomic E-state index is 15.0. The number of carbonyl (C=O) groups excluding carboxylic acids is 3. The highest BCUT2D eigenvalue weighted by Gasteiger charge is 2.55. The zero-order chi connectivity index (χ0) is 23.6. The second-order valence-corrected chi connectivity index (χ2v) is 9.95. The van der Waals surface area contributed by atoms with Crippen LogP contribution in [0.15, 0.2) is 24.3 Å². The van der Waals surface area contributed by atoms with Gasteiger partial charge < -0.3 is 14.5 Å². The van der Waals surface area contributed by atoms with Crippen molar-refractivity contribution in [1.82, 2.24) is 14.7 Å². The molecule has 2 atom stereocenters. The fraction of sp³-hybridized carbons (Fsp3) is 0.640. The summed E-state index contributed by atoms with van der Waals surface area (Å²) < 4.78 is 20.7. The van der Waals surface area contributed by atoms with Gasteiger partial charge in [0.2, 0.25) is 17.7 Å². The average Bonchev–Trinajstić information content (AvgIpc) is 3.37. The van der Waals surface area contributed by atoms with Crippen LogP contribution in [0.2, 0.25) is 0 Å². The molecule has 0 aromatic heterocycles. The molecule has 2 heterocycles. The fourth-order valence-corrected chi connectivity index (χ4v) is 4.91. The van der Waals surface area contributed by atoms with Crippen molar-refractivity contribution in [3.05, 3.63) is 35.6 Å². The molecule has 8 heteroatoms. The van der Waals surface area contributed by atoms with Crippen LogP contribution in [0, 0.1) is 11.7 Å². The van der Waals surface area contributed by atoms with Gasteiger partial charge in [0, 0.05) is 51.2 Å². The van der Waals surface area contributed by atoms with Gasteiger partial charge in [-0.15, -0.1) is 0 Å². The zero-order valence-electron chi connectivity index (χ0n) is 19.6. The molecule has 0 N–H and O–H groups in total. The van der Waals surface area contributed by atoms with Gasteiger partial charge in [-0.1, -0.05) is 18.2 Å². The van der Waals surface area contributed by atoms with Gasteiger partial charge in [-0.3, -0.25) is 19.3 Å². The Morgan fingerprint density at radius 1 is 1.18 bits per heavy atom. The van der Waals surface area contributed by atoms with E-state index in [1.807, 2.05) is 19.0 Å². The van der Waals surface area contributed by atoms with Crippen molar-refractivity contribution >= 4 is 17.7 Å². The lowest BCUT2D eigenvalue weighted by Crippen LogP contribution is -2.46. The summed E-state index contributed by atoms with van der Waals surface area (Å²) in [4.78, 5) is 45.1. The smallest absolute Gasteiger partial charge is 0.241 e. The first-order valence-corrected chi connectivity index (χ1v) is 11.9. The zero-order valence-corrected chi connectivity index (χ0v) is 19.6. The number of hydrogen-bond donors (Lipinski definition) is 0. The Bertz CT molecular complexity index is 897. The van der Waals surface area contributed by atoms with E-state index >= 15 is 0 Å². The van der Waals surface area contributed by atoms with Gasteiger partial charge in [0.05, 0.1) is 11.5 Å². The number of halogens is 1. The Labute approximate surface area is 194 Å². The number of rotatable bonds is 10. The third-order valence-corrected chi connectivity index (χ3v) is 7.00. The monoisotopic (exact) mass is 459 g/mol. The molecule has 2 aliphatic heterocycles. The summed E-state index contributed by atoms with van der Waals surface area (Å²) in [5, 5.41) is 0. The molecule has 4 rings (SSSR count). The molecule has 0 spiro atoms. The number of imide groups is 1. The number of ether oxygens (including phenoxy) is 1. The molecule has 33 heavy (non-hydrogen) atoms. The molecule has 1 aliphatic carbocycles. The van der Waals surface area contributed by atoms with E-state index in [4.69, 9.17) is 4.74 Å². The second kappa shape index (κ2) is 9.89. The van der Waals surface area contributed by atoms with Crippen molar-refractivity contribution in [3.8, 4) is 0 Å². The van der Waals surface area contributed by atoms with E-state index in [2.05, 4.69) is 0 Å². The second-order valence-electron chi connectivity index (χ2n) is 9.95. The normalized spacial score (nSPS) is 25.3. The lowest BCUT2D eigenvalue weighted by molar-refractivity contribution is -0.143. The Balaban J connectivity index is 1.62. The molecule has 1 aromatic carbocycles. The van der Waals surface area contributed by atoms with Gasteiger partial charge in [0.15, 0.2) is 0 Å². The van der Waals surface area contributed by atoms with Crippen molar-refractivity contribution < 1.29 is 23.5 Å². The third-order valence-electron chi connectivity index (χ3n) is 7.00. The van der Waals surface area contributed by atoms with Gasteiger partial charge in [-0.2, -0.15) is 0 Å². The van der Waals surface area contributed by atoms with E-state index in [1.165, 1.54) is 17.0 Å². The van der Waals surface area contributed by atoms with Gasteiger partial charge in [0.1, 0.15) is 5.82 Å². The molecule has 3 fully saturated rings. The predicted octanol–water partition coefficient (Wildman–Crippen LogP) is 2.19. The maximum Gasteiger partial charge on any atom is 0.241 e. The fourth-order valence-electron chi connectivity index (χ4n) is 4.91. The SMILES string of the molecule is CN(C)CCN1C(=O)C[C@@](CC(=O)N(CC2CC2)C[C@@H]2CCCO2)(c2ccccc2F)C1=O. The highest BCUT2D eigenvalue weighted by molar-refractivity contribution is 6.10. The number of benzene rings is 1. The minimum Gasteiger partial charge on any atom is -0.376 e. The average molecular weight is 460 g/mol. The van der Waals surface area contributed by atoms with Crippen LogP contribution in [0.1, 0.15) is 44.1 Å². The highest BCUT2D eigenvalue weighted by atomic mass is 19.1. The summed E-state index contributed by atoms with van der Waals surface area (Å²) in [5.41, 5.74) is -1.38. The van der Waals surface area contributed by atoms with Crippen molar-refractivity contribution in [1.29, 1.82) is 0 Å². The molecule has 0 bridgehead atoms. The summed E-state index contributed by atoms with van der Waals surface area (Å²) in [6, 6.07) is 6.03. The summed E-state index contributed by atoms with van der Waals surface area (Å²) in [7, 11) is 3.72. The van der Waals surface area contributed by atoms with Gasteiger partial charge in [-0.25, -0.2) is 4.39 Å². The van der Waals surface area contributed by atoms with E-state index in [0.717, 1.165) is 25.7 Å². The summed E-state index contributed by atoms with van der Waals surface area (Å²) >= 11 is 0. The van der Waals surface area contributed by atoms with E-state index in [9.17, 15) is 18.8 Å². The van der Waals surface area contributed by atoms with Gasteiger partial charge in [0.25, 0.3) is 0 Å². The van der Waals surface area contributed by atoms with Crippen LogP contribution in [-0.2, 0) is 24.5 Å². The molecule has 3 aliphatic rings. The Morgan fingerprint density at radius 3 is 2.58 bits per heavy atom. The van der Waals surface area contributed by atoms with Crippen LogP contribution < -0.4 is 0 Å². The van der Waals surface area contributed by atoms with Crippen LogP contribution in [-0.4, -0.2) is 85.4 Å². The molecule has 180 valence electrons. The van der Waals surface area contributed by atoms with E-state index in [-0.39, 0.29) is 42.9 Å². The minimum absolute atomic E-state index is 0.00499. The predicted molar refractivity (Wildman–Crippen MR) is 121 cm³/mol. The van der Waals surface area contributed by atoms with Crippen molar-refractivity contribution in [2.45, 2.75) is 50.0 Å². The number of hydrogen-bond acceptors (Lipinski definition) is 5. The first-order valence-electron chi connectivity index (χ1n) is 11.9. The van der Waals surface area contributed by atoms with Crippen LogP contribution in [0.3, 0.4) is 0 Å². The largest absolute Gasteiger partial charge is 0.376 e. The Hall–Kier alpha value is -2.32. The Morgan fingerprint density at radius 2 is 1.94 bits per heavy atom. The third kappa shape index (κ3) is 5.27. The number of likely N-dealkylation sites (tertiary alicyclic amines) is 1. The Kier molecular flexibility index (Phi) is 7.14. The van der Waals surface area contributed by atoms with Crippen LogP contribution >= 0.6 is 0 Å². The molecule has 3 amide bonds. The summed E-state index contributed by atoms with van der Waals surface area (Å²) in [6.45, 7) is 2.53. The first-order chi connectivity index (χ1) is 15.8. The minimum atomic E-state index is -1.51. The molecular weight excluding hydrogens is 425 g/mol. The summed E-state index contributed by atoms with van der Waals surface area (Å²) in [6.07, 6.45) is 3.65. The van der Waals surface area contributed by atoms with E-state index in [1.54, 1.807) is 17.0 Å².